The molecule has 2 saturated heterocycles. The van der Waals surface area contributed by atoms with Crippen LogP contribution in [-0.2, 0) is 14.3 Å². The maximum atomic E-state index is 13.5. The zero-order valence-electron chi connectivity index (χ0n) is 20.0. The van der Waals surface area contributed by atoms with E-state index < -0.39 is 11.7 Å². The Kier molecular flexibility index (Phi) is 7.96. The van der Waals surface area contributed by atoms with Crippen molar-refractivity contribution < 1.29 is 23.8 Å². The molecule has 3 aliphatic rings. The number of likely N-dealkylation sites (tertiary alicyclic amines) is 1. The molecule has 10 heteroatoms. The molecular formula is C24H33BrClN3O5. The minimum atomic E-state index is -0.538. The highest BCUT2D eigenvalue weighted by Crippen LogP contribution is 2.41. The van der Waals surface area contributed by atoms with Gasteiger partial charge in [-0.2, -0.15) is 0 Å². The fraction of sp³-hybridized carbons (Fsp3) is 0.667. The molecule has 0 spiro atoms. The fourth-order valence-corrected chi connectivity index (χ4v) is 4.91. The van der Waals surface area contributed by atoms with Crippen LogP contribution in [0.4, 0.5) is 10.5 Å². The Balaban J connectivity index is 1.40. The summed E-state index contributed by atoms with van der Waals surface area (Å²) in [4.78, 5) is 31.6. The molecule has 3 aliphatic heterocycles. The van der Waals surface area contributed by atoms with Gasteiger partial charge in [0.1, 0.15) is 11.4 Å². The number of rotatable bonds is 6. The highest BCUT2D eigenvalue weighted by atomic mass is 79.9. The number of morpholine rings is 1. The second-order valence-corrected chi connectivity index (χ2v) is 11.4. The van der Waals surface area contributed by atoms with E-state index >= 15 is 0 Å². The van der Waals surface area contributed by atoms with Crippen molar-refractivity contribution in [2.45, 2.75) is 45.3 Å². The van der Waals surface area contributed by atoms with Gasteiger partial charge < -0.3 is 24.0 Å². The van der Waals surface area contributed by atoms with Gasteiger partial charge in [-0.05, 0) is 68.2 Å². The van der Waals surface area contributed by atoms with Crippen LogP contribution >= 0.6 is 27.5 Å². The van der Waals surface area contributed by atoms with Crippen LogP contribution in [0.3, 0.4) is 0 Å². The number of anilines is 1. The molecule has 0 aliphatic carbocycles. The van der Waals surface area contributed by atoms with Gasteiger partial charge in [-0.15, -0.1) is 0 Å². The van der Waals surface area contributed by atoms with Gasteiger partial charge >= 0.3 is 6.09 Å². The Bertz CT molecular complexity index is 913. The lowest BCUT2D eigenvalue weighted by atomic mass is 9.98. The monoisotopic (exact) mass is 557 g/mol. The van der Waals surface area contributed by atoms with Gasteiger partial charge in [0.15, 0.2) is 6.10 Å². The van der Waals surface area contributed by atoms with E-state index in [0.717, 1.165) is 43.7 Å². The summed E-state index contributed by atoms with van der Waals surface area (Å²) in [6.45, 7) is 11.5. The number of hydrogen-bond acceptors (Lipinski definition) is 6. The van der Waals surface area contributed by atoms with Gasteiger partial charge in [0.25, 0.3) is 5.91 Å². The topological polar surface area (TPSA) is 71.6 Å². The molecule has 3 heterocycles. The quantitative estimate of drug-likeness (QED) is 0.522. The lowest BCUT2D eigenvalue weighted by Gasteiger charge is -2.43. The van der Waals surface area contributed by atoms with Crippen LogP contribution in [0, 0.1) is 5.92 Å². The first-order valence-electron chi connectivity index (χ1n) is 11.9. The molecule has 2 fully saturated rings. The van der Waals surface area contributed by atoms with Gasteiger partial charge in [-0.25, -0.2) is 4.79 Å². The van der Waals surface area contributed by atoms with Crippen molar-refractivity contribution in [1.29, 1.82) is 0 Å². The molecule has 1 atom stereocenters. The molecule has 4 rings (SSSR count). The largest absolute Gasteiger partial charge is 0.478 e. The number of carbonyl (C=O) groups excluding carboxylic acids is 2. The smallest absolute Gasteiger partial charge is 0.410 e. The summed E-state index contributed by atoms with van der Waals surface area (Å²) in [6.07, 6.45) is 0.653. The summed E-state index contributed by atoms with van der Waals surface area (Å²) < 4.78 is 17.7. The summed E-state index contributed by atoms with van der Waals surface area (Å²) in [6, 6.07) is 3.60. The lowest BCUT2D eigenvalue weighted by Crippen LogP contribution is -2.57. The molecule has 188 valence electrons. The van der Waals surface area contributed by atoms with Gasteiger partial charge in [0.05, 0.1) is 23.9 Å². The predicted octanol–water partition coefficient (Wildman–Crippen LogP) is 4.18. The van der Waals surface area contributed by atoms with E-state index in [0.29, 0.717) is 42.5 Å². The maximum absolute atomic E-state index is 13.5. The van der Waals surface area contributed by atoms with Crippen molar-refractivity contribution in [2.24, 2.45) is 5.92 Å². The van der Waals surface area contributed by atoms with E-state index in [1.807, 2.05) is 26.8 Å². The summed E-state index contributed by atoms with van der Waals surface area (Å²) in [5.74, 6) is 0.762. The summed E-state index contributed by atoms with van der Waals surface area (Å²) in [5, 5.41) is 0.523. The Morgan fingerprint density at radius 3 is 2.62 bits per heavy atom. The molecule has 34 heavy (non-hydrogen) atoms. The van der Waals surface area contributed by atoms with E-state index in [4.69, 9.17) is 25.8 Å². The number of ether oxygens (including phenoxy) is 3. The Labute approximate surface area is 214 Å². The highest BCUT2D eigenvalue weighted by Gasteiger charge is 2.40. The van der Waals surface area contributed by atoms with E-state index in [-0.39, 0.29) is 17.9 Å². The van der Waals surface area contributed by atoms with Gasteiger partial charge in [0, 0.05) is 43.1 Å². The fourth-order valence-electron chi connectivity index (χ4n) is 4.43. The number of carbonyl (C=O) groups is 2. The van der Waals surface area contributed by atoms with Gasteiger partial charge in [-0.3, -0.25) is 9.69 Å². The number of amides is 2. The third kappa shape index (κ3) is 6.17. The molecule has 8 nitrogen and oxygen atoms in total. The van der Waals surface area contributed by atoms with E-state index in [9.17, 15) is 9.59 Å². The van der Waals surface area contributed by atoms with Crippen LogP contribution in [0.5, 0.6) is 5.75 Å². The first kappa shape index (κ1) is 25.5. The van der Waals surface area contributed by atoms with Crippen LogP contribution < -0.4 is 9.64 Å². The second kappa shape index (κ2) is 10.6. The minimum Gasteiger partial charge on any atom is -0.478 e. The lowest BCUT2D eigenvalue weighted by molar-refractivity contribution is -0.127. The molecule has 0 saturated carbocycles. The highest BCUT2D eigenvalue weighted by molar-refractivity contribution is 9.10. The molecular weight excluding hydrogens is 526 g/mol. The molecule has 2 amide bonds. The SMILES string of the molecule is CC(C)(C)OC(=O)N1CC(CN2C(=O)C(CCCN3CCOCC3)Oc3cc(Br)c(Cl)cc32)C1. The molecule has 1 unspecified atom stereocenters. The van der Waals surface area contributed by atoms with Crippen LogP contribution in [-0.4, -0.2) is 86.0 Å². The van der Waals surface area contributed by atoms with Crippen molar-refractivity contribution in [3.05, 3.63) is 21.6 Å². The number of hydrogen-bond donors (Lipinski definition) is 0. The predicted molar refractivity (Wildman–Crippen MR) is 134 cm³/mol. The van der Waals surface area contributed by atoms with Crippen molar-refractivity contribution in [1.82, 2.24) is 9.80 Å². The van der Waals surface area contributed by atoms with Crippen molar-refractivity contribution in [3.8, 4) is 5.75 Å². The number of benzene rings is 1. The van der Waals surface area contributed by atoms with Crippen LogP contribution in [0.15, 0.2) is 16.6 Å². The van der Waals surface area contributed by atoms with Crippen LogP contribution in [0.25, 0.3) is 0 Å². The number of nitrogens with zero attached hydrogens (tertiary/aromatic N) is 3. The van der Waals surface area contributed by atoms with Crippen LogP contribution in [0.1, 0.15) is 33.6 Å². The molecule has 0 aromatic heterocycles. The third-order valence-corrected chi connectivity index (χ3v) is 7.39. The summed E-state index contributed by atoms with van der Waals surface area (Å²) >= 11 is 9.82. The van der Waals surface area contributed by atoms with Crippen LogP contribution in [0.2, 0.25) is 5.02 Å². The molecule has 0 N–H and O–H groups in total. The van der Waals surface area contributed by atoms with E-state index in [1.54, 1.807) is 15.9 Å². The normalized spacial score (nSPS) is 21.7. The maximum Gasteiger partial charge on any atom is 0.410 e. The standard InChI is InChI=1S/C24H33BrClN3O5/c1-24(2,3)34-23(31)28-13-16(14-28)15-29-19-12-18(26)17(25)11-21(19)33-20(22(29)30)5-4-6-27-7-9-32-10-8-27/h11-12,16,20H,4-10,13-15H2,1-3H3. The van der Waals surface area contributed by atoms with Crippen molar-refractivity contribution >= 4 is 45.2 Å². The molecule has 0 radical (unpaired) electrons. The Morgan fingerprint density at radius 1 is 1.24 bits per heavy atom. The Morgan fingerprint density at radius 2 is 1.94 bits per heavy atom. The zero-order valence-corrected chi connectivity index (χ0v) is 22.4. The first-order valence-corrected chi connectivity index (χ1v) is 13.0. The summed E-state index contributed by atoms with van der Waals surface area (Å²) in [7, 11) is 0. The van der Waals surface area contributed by atoms with E-state index in [1.165, 1.54) is 0 Å². The van der Waals surface area contributed by atoms with Gasteiger partial charge in [0.2, 0.25) is 0 Å². The van der Waals surface area contributed by atoms with Crippen molar-refractivity contribution in [3.63, 3.8) is 0 Å². The minimum absolute atomic E-state index is 0.0522. The molecule has 1 aromatic rings. The van der Waals surface area contributed by atoms with E-state index in [2.05, 4.69) is 20.8 Å². The second-order valence-electron chi connectivity index (χ2n) is 10.1. The average Bonchev–Trinajstić information content (AvgIpc) is 2.73. The first-order chi connectivity index (χ1) is 16.1. The Hall–Kier alpha value is -1.55. The number of halogens is 2. The zero-order chi connectivity index (χ0) is 24.5. The molecule has 1 aromatic carbocycles. The van der Waals surface area contributed by atoms with Crippen molar-refractivity contribution in [2.75, 3.05) is 57.4 Å². The number of fused-ring (bicyclic) bond motifs is 1. The molecule has 0 bridgehead atoms. The van der Waals surface area contributed by atoms with Gasteiger partial charge in [-0.1, -0.05) is 11.6 Å². The summed E-state index contributed by atoms with van der Waals surface area (Å²) in [5.41, 5.74) is 0.151. The average molecular weight is 559 g/mol. The third-order valence-electron chi connectivity index (χ3n) is 6.20.